The first-order valence-corrected chi connectivity index (χ1v) is 7.47. The summed E-state index contributed by atoms with van der Waals surface area (Å²) in [6.07, 6.45) is 9.59. The van der Waals surface area contributed by atoms with E-state index in [1.807, 2.05) is 0 Å². The maximum Gasteiger partial charge on any atom is 0.0587 e. The molecule has 0 spiro atoms. The van der Waals surface area contributed by atoms with Crippen molar-refractivity contribution in [2.45, 2.75) is 83.9 Å². The van der Waals surface area contributed by atoms with Crippen LogP contribution in [0.5, 0.6) is 0 Å². The molecule has 2 nitrogen and oxygen atoms in total. The lowest BCUT2D eigenvalue weighted by atomic mass is 9.75. The van der Waals surface area contributed by atoms with Crippen LogP contribution < -0.4 is 5.32 Å². The van der Waals surface area contributed by atoms with Gasteiger partial charge in [-0.05, 0) is 43.9 Å². The molecule has 2 heteroatoms. The van der Waals surface area contributed by atoms with Crippen LogP contribution >= 0.6 is 0 Å². The van der Waals surface area contributed by atoms with Crippen LogP contribution in [0.4, 0.5) is 0 Å². The molecule has 3 unspecified atom stereocenters. The van der Waals surface area contributed by atoms with E-state index in [1.54, 1.807) is 0 Å². The Morgan fingerprint density at radius 1 is 1.24 bits per heavy atom. The Kier molecular flexibility index (Phi) is 4.48. The third kappa shape index (κ3) is 3.96. The summed E-state index contributed by atoms with van der Waals surface area (Å²) in [5, 5.41) is 3.90. The van der Waals surface area contributed by atoms with Crippen molar-refractivity contribution in [2.24, 2.45) is 5.41 Å². The Morgan fingerprint density at radius 3 is 2.76 bits per heavy atom. The van der Waals surface area contributed by atoms with Gasteiger partial charge in [0, 0.05) is 18.7 Å². The molecule has 0 aromatic carbocycles. The van der Waals surface area contributed by atoms with Gasteiger partial charge in [0.2, 0.25) is 0 Å². The second kappa shape index (κ2) is 5.71. The average Bonchev–Trinajstić information content (AvgIpc) is 2.28. The van der Waals surface area contributed by atoms with Gasteiger partial charge < -0.3 is 10.1 Å². The van der Waals surface area contributed by atoms with Crippen molar-refractivity contribution < 1.29 is 4.74 Å². The lowest BCUT2D eigenvalue weighted by molar-refractivity contribution is -0.00411. The highest BCUT2D eigenvalue weighted by Gasteiger charge is 2.30. The molecule has 1 N–H and O–H groups in total. The third-order valence-corrected chi connectivity index (χ3v) is 4.50. The number of hydrogen-bond acceptors (Lipinski definition) is 2. The van der Waals surface area contributed by atoms with E-state index in [1.165, 1.54) is 38.5 Å². The maximum absolute atomic E-state index is 5.75. The van der Waals surface area contributed by atoms with Crippen LogP contribution in [0.15, 0.2) is 0 Å². The monoisotopic (exact) mass is 239 g/mol. The number of nitrogens with one attached hydrogen (secondary N) is 1. The van der Waals surface area contributed by atoms with Crippen LogP contribution in [-0.2, 0) is 4.74 Å². The predicted molar refractivity (Wildman–Crippen MR) is 72.2 cm³/mol. The van der Waals surface area contributed by atoms with Crippen molar-refractivity contribution in [2.75, 3.05) is 6.61 Å². The lowest BCUT2D eigenvalue weighted by Gasteiger charge is -2.39. The number of ether oxygens (including phenoxy) is 1. The summed E-state index contributed by atoms with van der Waals surface area (Å²) >= 11 is 0. The molecule has 3 atom stereocenters. The molecular weight excluding hydrogens is 210 g/mol. The van der Waals surface area contributed by atoms with E-state index in [-0.39, 0.29) is 0 Å². The van der Waals surface area contributed by atoms with Crippen LogP contribution in [0.25, 0.3) is 0 Å². The standard InChI is InChI=1S/C15H29NO/c1-4-14-10-12(7-9-17-14)16-13-6-5-8-15(2,3)11-13/h12-14,16H,4-11H2,1-3H3. The highest BCUT2D eigenvalue weighted by molar-refractivity contribution is 4.87. The molecule has 2 aliphatic rings. The first-order chi connectivity index (χ1) is 8.09. The molecule has 1 saturated heterocycles. The van der Waals surface area contributed by atoms with E-state index in [0.29, 0.717) is 17.6 Å². The normalized spacial score (nSPS) is 37.9. The molecule has 0 bridgehead atoms. The molecule has 2 rings (SSSR count). The molecule has 0 aromatic rings. The van der Waals surface area contributed by atoms with Gasteiger partial charge in [-0.25, -0.2) is 0 Å². The summed E-state index contributed by atoms with van der Waals surface area (Å²) in [6, 6.07) is 1.45. The fourth-order valence-corrected chi connectivity index (χ4v) is 3.49. The summed E-state index contributed by atoms with van der Waals surface area (Å²) in [6.45, 7) is 8.02. The minimum Gasteiger partial charge on any atom is -0.378 e. The molecule has 1 heterocycles. The van der Waals surface area contributed by atoms with Crippen molar-refractivity contribution in [3.63, 3.8) is 0 Å². The van der Waals surface area contributed by atoms with Crippen LogP contribution in [0, 0.1) is 5.41 Å². The molecule has 100 valence electrons. The van der Waals surface area contributed by atoms with E-state index in [4.69, 9.17) is 4.74 Å². The van der Waals surface area contributed by atoms with Crippen LogP contribution in [0.2, 0.25) is 0 Å². The fraction of sp³-hybridized carbons (Fsp3) is 1.00. The molecule has 0 amide bonds. The first-order valence-electron chi connectivity index (χ1n) is 7.47. The van der Waals surface area contributed by atoms with Gasteiger partial charge in [0.25, 0.3) is 0 Å². The van der Waals surface area contributed by atoms with Gasteiger partial charge >= 0.3 is 0 Å². The van der Waals surface area contributed by atoms with Gasteiger partial charge in [-0.2, -0.15) is 0 Å². The summed E-state index contributed by atoms with van der Waals surface area (Å²) in [7, 11) is 0. The highest BCUT2D eigenvalue weighted by atomic mass is 16.5. The molecule has 0 aromatic heterocycles. The zero-order valence-electron chi connectivity index (χ0n) is 11.8. The van der Waals surface area contributed by atoms with Gasteiger partial charge in [-0.3, -0.25) is 0 Å². The zero-order chi connectivity index (χ0) is 12.3. The van der Waals surface area contributed by atoms with Crippen LogP contribution in [0.1, 0.15) is 65.7 Å². The Hall–Kier alpha value is -0.0800. The smallest absolute Gasteiger partial charge is 0.0587 e. The molecule has 0 radical (unpaired) electrons. The molecule has 2 fully saturated rings. The summed E-state index contributed by atoms with van der Waals surface area (Å²) in [4.78, 5) is 0. The third-order valence-electron chi connectivity index (χ3n) is 4.50. The average molecular weight is 239 g/mol. The number of rotatable bonds is 3. The minimum atomic E-state index is 0.498. The molecule has 17 heavy (non-hydrogen) atoms. The van der Waals surface area contributed by atoms with Crippen LogP contribution in [-0.4, -0.2) is 24.8 Å². The molecular formula is C15H29NO. The van der Waals surface area contributed by atoms with E-state index in [0.717, 1.165) is 19.1 Å². The Morgan fingerprint density at radius 2 is 2.06 bits per heavy atom. The fourth-order valence-electron chi connectivity index (χ4n) is 3.49. The van der Waals surface area contributed by atoms with E-state index in [9.17, 15) is 0 Å². The highest BCUT2D eigenvalue weighted by Crippen LogP contribution is 2.35. The quantitative estimate of drug-likeness (QED) is 0.814. The van der Waals surface area contributed by atoms with Crippen molar-refractivity contribution >= 4 is 0 Å². The van der Waals surface area contributed by atoms with Gasteiger partial charge in [-0.1, -0.05) is 27.2 Å². The molecule has 1 aliphatic carbocycles. The van der Waals surface area contributed by atoms with Gasteiger partial charge in [0.15, 0.2) is 0 Å². The van der Waals surface area contributed by atoms with Gasteiger partial charge in [0.05, 0.1) is 6.10 Å². The summed E-state index contributed by atoms with van der Waals surface area (Å²) in [5.74, 6) is 0. The van der Waals surface area contributed by atoms with Crippen molar-refractivity contribution in [1.82, 2.24) is 5.32 Å². The summed E-state index contributed by atoms with van der Waals surface area (Å²) in [5.41, 5.74) is 0.547. The Bertz CT molecular complexity index is 239. The van der Waals surface area contributed by atoms with E-state index >= 15 is 0 Å². The van der Waals surface area contributed by atoms with Crippen molar-refractivity contribution in [1.29, 1.82) is 0 Å². The molecule has 1 aliphatic heterocycles. The van der Waals surface area contributed by atoms with Crippen molar-refractivity contribution in [3.8, 4) is 0 Å². The van der Waals surface area contributed by atoms with E-state index < -0.39 is 0 Å². The number of hydrogen-bond donors (Lipinski definition) is 1. The first kappa shape index (κ1) is 13.4. The zero-order valence-corrected chi connectivity index (χ0v) is 11.8. The Labute approximate surface area is 107 Å². The lowest BCUT2D eigenvalue weighted by Crippen LogP contribution is -2.46. The predicted octanol–water partition coefficient (Wildman–Crippen LogP) is 3.50. The van der Waals surface area contributed by atoms with Crippen LogP contribution in [0.3, 0.4) is 0 Å². The maximum atomic E-state index is 5.75. The van der Waals surface area contributed by atoms with E-state index in [2.05, 4.69) is 26.1 Å². The minimum absolute atomic E-state index is 0.498. The second-order valence-corrected chi connectivity index (χ2v) is 6.75. The SMILES string of the molecule is CCC1CC(NC2CCCC(C)(C)C2)CCO1. The van der Waals surface area contributed by atoms with Crippen molar-refractivity contribution in [3.05, 3.63) is 0 Å². The largest absolute Gasteiger partial charge is 0.378 e. The molecule has 1 saturated carbocycles. The Balaban J connectivity index is 1.80. The van der Waals surface area contributed by atoms with Gasteiger partial charge in [0.1, 0.15) is 0 Å². The second-order valence-electron chi connectivity index (χ2n) is 6.75. The topological polar surface area (TPSA) is 21.3 Å². The van der Waals surface area contributed by atoms with Gasteiger partial charge in [-0.15, -0.1) is 0 Å². The summed E-state index contributed by atoms with van der Waals surface area (Å²) < 4.78 is 5.75.